The predicted octanol–water partition coefficient (Wildman–Crippen LogP) is 1.98. The normalized spacial score (nSPS) is 12.4. The maximum atomic E-state index is 11.1. The molecule has 1 aromatic heterocycles. The van der Waals surface area contributed by atoms with Crippen molar-refractivity contribution >= 4 is 17.3 Å². The van der Waals surface area contributed by atoms with Crippen LogP contribution in [0, 0.1) is 0 Å². The highest BCUT2D eigenvalue weighted by molar-refractivity contribution is 7.12. The molecule has 0 amide bonds. The summed E-state index contributed by atoms with van der Waals surface area (Å²) in [5.74, 6) is -0.190. The molecule has 18 heavy (non-hydrogen) atoms. The molecular weight excluding hydrogens is 250 g/mol. The van der Waals surface area contributed by atoms with Gasteiger partial charge in [-0.05, 0) is 25.5 Å². The lowest BCUT2D eigenvalue weighted by molar-refractivity contribution is -0.139. The molecule has 0 aliphatic heterocycles. The topological polar surface area (TPSA) is 47.6 Å². The van der Waals surface area contributed by atoms with Crippen LogP contribution in [0.4, 0.5) is 0 Å². The molecule has 0 bridgehead atoms. The minimum absolute atomic E-state index is 0.190. The SMILES string of the molecule is COCCC(C)NCc1ccc(CC(=O)OC)s1. The van der Waals surface area contributed by atoms with E-state index in [2.05, 4.69) is 23.0 Å². The zero-order chi connectivity index (χ0) is 13.4. The molecule has 0 fully saturated rings. The molecule has 0 saturated heterocycles. The van der Waals surface area contributed by atoms with Crippen LogP contribution in [0.25, 0.3) is 0 Å². The maximum Gasteiger partial charge on any atom is 0.310 e. The first-order valence-corrected chi connectivity index (χ1v) is 6.84. The van der Waals surface area contributed by atoms with Crippen molar-refractivity contribution in [3.8, 4) is 0 Å². The van der Waals surface area contributed by atoms with E-state index in [4.69, 9.17) is 4.74 Å². The summed E-state index contributed by atoms with van der Waals surface area (Å²) >= 11 is 1.65. The minimum atomic E-state index is -0.190. The fourth-order valence-corrected chi connectivity index (χ4v) is 2.45. The van der Waals surface area contributed by atoms with Gasteiger partial charge in [0.15, 0.2) is 0 Å². The van der Waals surface area contributed by atoms with Gasteiger partial charge in [-0.3, -0.25) is 4.79 Å². The molecule has 1 atom stereocenters. The number of carbonyl (C=O) groups is 1. The highest BCUT2D eigenvalue weighted by Crippen LogP contribution is 2.17. The smallest absolute Gasteiger partial charge is 0.310 e. The van der Waals surface area contributed by atoms with Crippen LogP contribution in [-0.2, 0) is 27.2 Å². The Hall–Kier alpha value is -0.910. The first kappa shape index (κ1) is 15.1. The van der Waals surface area contributed by atoms with Crippen LogP contribution < -0.4 is 5.32 Å². The molecular formula is C13H21NO3S. The van der Waals surface area contributed by atoms with Crippen LogP contribution >= 0.6 is 11.3 Å². The van der Waals surface area contributed by atoms with Crippen molar-refractivity contribution in [3.05, 3.63) is 21.9 Å². The van der Waals surface area contributed by atoms with Crippen LogP contribution in [0.3, 0.4) is 0 Å². The molecule has 0 spiro atoms. The van der Waals surface area contributed by atoms with E-state index in [1.54, 1.807) is 18.4 Å². The van der Waals surface area contributed by atoms with Crippen molar-refractivity contribution in [2.24, 2.45) is 0 Å². The number of thiophene rings is 1. The van der Waals surface area contributed by atoms with Gasteiger partial charge in [0.2, 0.25) is 0 Å². The molecule has 1 heterocycles. The Morgan fingerprint density at radius 2 is 2.11 bits per heavy atom. The average Bonchev–Trinajstić information content (AvgIpc) is 2.81. The lowest BCUT2D eigenvalue weighted by Gasteiger charge is -2.11. The van der Waals surface area contributed by atoms with Crippen molar-refractivity contribution in [3.63, 3.8) is 0 Å². The molecule has 4 nitrogen and oxygen atoms in total. The molecule has 0 aromatic carbocycles. The molecule has 1 rings (SSSR count). The van der Waals surface area contributed by atoms with E-state index in [0.29, 0.717) is 12.5 Å². The predicted molar refractivity (Wildman–Crippen MR) is 72.8 cm³/mol. The number of nitrogens with one attached hydrogen (secondary N) is 1. The van der Waals surface area contributed by atoms with Gasteiger partial charge in [0, 0.05) is 36.1 Å². The molecule has 0 radical (unpaired) electrons. The summed E-state index contributed by atoms with van der Waals surface area (Å²) in [6.07, 6.45) is 1.36. The van der Waals surface area contributed by atoms with Crippen molar-refractivity contribution in [2.75, 3.05) is 20.8 Å². The molecule has 1 aromatic rings. The average molecular weight is 271 g/mol. The number of carbonyl (C=O) groups excluding carboxylic acids is 1. The zero-order valence-corrected chi connectivity index (χ0v) is 12.0. The standard InChI is InChI=1S/C13H21NO3S/c1-10(6-7-16-2)14-9-12-5-4-11(18-12)8-13(15)17-3/h4-5,10,14H,6-9H2,1-3H3. The van der Waals surface area contributed by atoms with E-state index in [1.807, 2.05) is 6.07 Å². The van der Waals surface area contributed by atoms with E-state index in [0.717, 1.165) is 24.4 Å². The second kappa shape index (κ2) is 8.24. The second-order valence-corrected chi connectivity index (χ2v) is 5.44. The van der Waals surface area contributed by atoms with E-state index in [9.17, 15) is 4.79 Å². The number of hydrogen-bond acceptors (Lipinski definition) is 5. The highest BCUT2D eigenvalue weighted by Gasteiger charge is 2.07. The van der Waals surface area contributed by atoms with Crippen LogP contribution in [-0.4, -0.2) is 32.8 Å². The molecule has 102 valence electrons. The lowest BCUT2D eigenvalue weighted by Crippen LogP contribution is -2.26. The summed E-state index contributed by atoms with van der Waals surface area (Å²) in [5, 5.41) is 3.43. The van der Waals surface area contributed by atoms with Crippen molar-refractivity contribution in [1.82, 2.24) is 5.32 Å². The van der Waals surface area contributed by atoms with Crippen LogP contribution in [0.1, 0.15) is 23.1 Å². The third-order valence-electron chi connectivity index (χ3n) is 2.64. The van der Waals surface area contributed by atoms with Gasteiger partial charge in [-0.2, -0.15) is 0 Å². The highest BCUT2D eigenvalue weighted by atomic mass is 32.1. The molecule has 0 saturated carbocycles. The van der Waals surface area contributed by atoms with Crippen LogP contribution in [0.15, 0.2) is 12.1 Å². The van der Waals surface area contributed by atoms with Gasteiger partial charge in [-0.25, -0.2) is 0 Å². The van der Waals surface area contributed by atoms with Gasteiger partial charge in [0.1, 0.15) is 0 Å². The first-order valence-electron chi connectivity index (χ1n) is 6.02. The fourth-order valence-electron chi connectivity index (χ4n) is 1.50. The summed E-state index contributed by atoms with van der Waals surface area (Å²) in [4.78, 5) is 13.4. The van der Waals surface area contributed by atoms with Crippen LogP contribution in [0.5, 0.6) is 0 Å². The zero-order valence-electron chi connectivity index (χ0n) is 11.2. The van der Waals surface area contributed by atoms with Crippen molar-refractivity contribution < 1.29 is 14.3 Å². The van der Waals surface area contributed by atoms with E-state index >= 15 is 0 Å². The van der Waals surface area contributed by atoms with Crippen LogP contribution in [0.2, 0.25) is 0 Å². The monoisotopic (exact) mass is 271 g/mol. The number of ether oxygens (including phenoxy) is 2. The number of rotatable bonds is 8. The number of hydrogen-bond donors (Lipinski definition) is 1. The maximum absolute atomic E-state index is 11.1. The summed E-state index contributed by atoms with van der Waals surface area (Å²) in [6, 6.07) is 4.47. The third-order valence-corrected chi connectivity index (χ3v) is 3.73. The summed E-state index contributed by atoms with van der Waals surface area (Å²) < 4.78 is 9.68. The first-order chi connectivity index (χ1) is 8.65. The van der Waals surface area contributed by atoms with Gasteiger partial charge in [0.25, 0.3) is 0 Å². The van der Waals surface area contributed by atoms with E-state index in [1.165, 1.54) is 12.0 Å². The fraction of sp³-hybridized carbons (Fsp3) is 0.615. The largest absolute Gasteiger partial charge is 0.469 e. The number of methoxy groups -OCH3 is 2. The van der Waals surface area contributed by atoms with E-state index < -0.39 is 0 Å². The van der Waals surface area contributed by atoms with Gasteiger partial charge >= 0.3 is 5.97 Å². The second-order valence-electron chi connectivity index (χ2n) is 4.18. The van der Waals surface area contributed by atoms with Gasteiger partial charge in [-0.15, -0.1) is 11.3 Å². The molecule has 1 unspecified atom stereocenters. The third kappa shape index (κ3) is 5.62. The Morgan fingerprint density at radius 3 is 2.78 bits per heavy atom. The Morgan fingerprint density at radius 1 is 1.39 bits per heavy atom. The molecule has 0 aliphatic carbocycles. The molecule has 1 N–H and O–H groups in total. The Labute approximate surface area is 112 Å². The van der Waals surface area contributed by atoms with Crippen molar-refractivity contribution in [1.29, 1.82) is 0 Å². The summed E-state index contributed by atoms with van der Waals surface area (Å²) in [5.41, 5.74) is 0. The summed E-state index contributed by atoms with van der Waals surface area (Å²) in [6.45, 7) is 3.74. The Balaban J connectivity index is 2.32. The van der Waals surface area contributed by atoms with Gasteiger partial charge in [-0.1, -0.05) is 0 Å². The van der Waals surface area contributed by atoms with Crippen molar-refractivity contribution in [2.45, 2.75) is 32.4 Å². The minimum Gasteiger partial charge on any atom is -0.469 e. The van der Waals surface area contributed by atoms with Gasteiger partial charge in [0.05, 0.1) is 13.5 Å². The quantitative estimate of drug-likeness (QED) is 0.734. The van der Waals surface area contributed by atoms with Gasteiger partial charge < -0.3 is 14.8 Å². The molecule has 5 heteroatoms. The Kier molecular flexibility index (Phi) is 6.93. The molecule has 0 aliphatic rings. The van der Waals surface area contributed by atoms with E-state index in [-0.39, 0.29) is 5.97 Å². The summed E-state index contributed by atoms with van der Waals surface area (Å²) in [7, 11) is 3.13. The Bertz CT molecular complexity index is 365. The number of esters is 1. The lowest BCUT2D eigenvalue weighted by atomic mass is 10.2.